The molecule has 31 heavy (non-hydrogen) atoms. The van der Waals surface area contributed by atoms with Crippen LogP contribution in [0.2, 0.25) is 0 Å². The Morgan fingerprint density at radius 2 is 1.61 bits per heavy atom. The largest absolute Gasteiger partial charge is 0.449 e. The molecular weight excluding hydrogens is 424 g/mol. The Bertz CT molecular complexity index is 1080. The van der Waals surface area contributed by atoms with Gasteiger partial charge in [-0.25, -0.2) is 13.2 Å². The van der Waals surface area contributed by atoms with Crippen LogP contribution in [0.3, 0.4) is 0 Å². The third-order valence-electron chi connectivity index (χ3n) is 3.93. The monoisotopic (exact) mass is 448 g/mol. The van der Waals surface area contributed by atoms with Gasteiger partial charge in [-0.3, -0.25) is 19.2 Å². The van der Waals surface area contributed by atoms with Crippen LogP contribution in [0.5, 0.6) is 0 Å². The lowest BCUT2D eigenvalue weighted by Crippen LogP contribution is -2.26. The van der Waals surface area contributed by atoms with Gasteiger partial charge in [0.1, 0.15) is 0 Å². The lowest BCUT2D eigenvalue weighted by Gasteiger charge is -2.17. The van der Waals surface area contributed by atoms with Gasteiger partial charge >= 0.3 is 6.09 Å². The molecule has 0 radical (unpaired) electrons. The second kappa shape index (κ2) is 9.94. The van der Waals surface area contributed by atoms with Gasteiger partial charge in [0.25, 0.3) is 5.91 Å². The molecule has 2 aromatic carbocycles. The Balaban J connectivity index is 2.27. The lowest BCUT2D eigenvalue weighted by molar-refractivity contribution is -0.114. The van der Waals surface area contributed by atoms with Gasteiger partial charge in [0, 0.05) is 31.0 Å². The average Bonchev–Trinajstić information content (AvgIpc) is 2.67. The van der Waals surface area contributed by atoms with Crippen LogP contribution in [0, 0.1) is 0 Å². The zero-order chi connectivity index (χ0) is 23.2. The quantitative estimate of drug-likeness (QED) is 0.596. The number of ether oxygens (including phenoxy) is 1. The molecule has 0 aliphatic rings. The number of carbonyl (C=O) groups is 3. The van der Waals surface area contributed by atoms with E-state index in [1.807, 2.05) is 0 Å². The van der Waals surface area contributed by atoms with Crippen LogP contribution in [0.15, 0.2) is 42.5 Å². The fraction of sp³-hybridized carbons (Fsp3) is 0.250. The number of sulfonamides is 1. The SMILES string of the molecule is CCOC(=O)N(C)c1ccc(NC(=O)c2cc(NC(C)=O)ccc2NS(C)(=O)=O)cc1. The highest BCUT2D eigenvalue weighted by molar-refractivity contribution is 7.92. The van der Waals surface area contributed by atoms with Crippen molar-refractivity contribution in [1.29, 1.82) is 0 Å². The van der Waals surface area contributed by atoms with Crippen molar-refractivity contribution in [3.05, 3.63) is 48.0 Å². The minimum Gasteiger partial charge on any atom is -0.449 e. The van der Waals surface area contributed by atoms with Gasteiger partial charge in [-0.05, 0) is 49.4 Å². The zero-order valence-electron chi connectivity index (χ0n) is 17.6. The van der Waals surface area contributed by atoms with Crippen LogP contribution in [0.4, 0.5) is 27.5 Å². The molecule has 2 aromatic rings. The maximum atomic E-state index is 12.8. The summed E-state index contributed by atoms with van der Waals surface area (Å²) in [4.78, 5) is 37.3. The highest BCUT2D eigenvalue weighted by Crippen LogP contribution is 2.24. The van der Waals surface area contributed by atoms with Crippen molar-refractivity contribution in [2.24, 2.45) is 0 Å². The molecule has 3 N–H and O–H groups in total. The molecule has 0 aromatic heterocycles. The van der Waals surface area contributed by atoms with Crippen LogP contribution in [0.25, 0.3) is 0 Å². The third kappa shape index (κ3) is 7.00. The van der Waals surface area contributed by atoms with E-state index in [9.17, 15) is 22.8 Å². The normalized spacial score (nSPS) is 10.7. The predicted octanol–water partition coefficient (Wildman–Crippen LogP) is 2.86. The third-order valence-corrected chi connectivity index (χ3v) is 4.52. The van der Waals surface area contributed by atoms with Crippen molar-refractivity contribution < 1.29 is 27.5 Å². The molecule has 3 amide bonds. The standard InChI is InChI=1S/C20H24N4O6S/c1-5-30-20(27)24(3)16-9-6-14(7-10-16)22-19(26)17-12-15(21-13(2)25)8-11-18(17)23-31(4,28)29/h6-12,23H,5H2,1-4H3,(H,21,25)(H,22,26). The van der Waals surface area contributed by atoms with Gasteiger partial charge in [0.2, 0.25) is 15.9 Å². The van der Waals surface area contributed by atoms with E-state index in [1.165, 1.54) is 30.0 Å². The summed E-state index contributed by atoms with van der Waals surface area (Å²) in [7, 11) is -2.08. The molecule has 2 rings (SSSR count). The molecule has 0 saturated heterocycles. The molecule has 0 bridgehead atoms. The summed E-state index contributed by atoms with van der Waals surface area (Å²) in [5, 5.41) is 5.21. The van der Waals surface area contributed by atoms with Crippen molar-refractivity contribution in [3.8, 4) is 0 Å². The van der Waals surface area contributed by atoms with E-state index < -0.39 is 22.0 Å². The van der Waals surface area contributed by atoms with Crippen molar-refractivity contribution >= 4 is 50.7 Å². The van der Waals surface area contributed by atoms with Crippen LogP contribution in [-0.2, 0) is 19.6 Å². The molecule has 0 fully saturated rings. The van der Waals surface area contributed by atoms with Gasteiger partial charge in [-0.15, -0.1) is 0 Å². The Hall–Kier alpha value is -3.60. The van der Waals surface area contributed by atoms with E-state index in [2.05, 4.69) is 15.4 Å². The molecule has 0 saturated carbocycles. The molecule has 0 aliphatic carbocycles. The molecular formula is C20H24N4O6S. The number of benzene rings is 2. The summed E-state index contributed by atoms with van der Waals surface area (Å²) in [6, 6.07) is 10.7. The minimum absolute atomic E-state index is 0.0180. The predicted molar refractivity (Wildman–Crippen MR) is 119 cm³/mol. The van der Waals surface area contributed by atoms with Gasteiger partial charge in [-0.2, -0.15) is 0 Å². The Kier molecular flexibility index (Phi) is 7.59. The Labute approximate surface area is 180 Å². The van der Waals surface area contributed by atoms with Crippen LogP contribution < -0.4 is 20.3 Å². The summed E-state index contributed by atoms with van der Waals surface area (Å²) in [6.07, 6.45) is 0.459. The molecule has 0 heterocycles. The highest BCUT2D eigenvalue weighted by atomic mass is 32.2. The van der Waals surface area contributed by atoms with Gasteiger partial charge in [-0.1, -0.05) is 0 Å². The van der Waals surface area contributed by atoms with E-state index >= 15 is 0 Å². The highest BCUT2D eigenvalue weighted by Gasteiger charge is 2.17. The topological polar surface area (TPSA) is 134 Å². The van der Waals surface area contributed by atoms with Gasteiger partial charge in [0.05, 0.1) is 24.1 Å². The van der Waals surface area contributed by atoms with Crippen LogP contribution >= 0.6 is 0 Å². The van der Waals surface area contributed by atoms with E-state index in [4.69, 9.17) is 4.74 Å². The van der Waals surface area contributed by atoms with Crippen LogP contribution in [-0.4, -0.2) is 46.2 Å². The molecule has 10 nitrogen and oxygen atoms in total. The number of anilines is 4. The first kappa shape index (κ1) is 23.7. The fourth-order valence-electron chi connectivity index (χ4n) is 2.59. The molecule has 0 aliphatic heterocycles. The molecule has 11 heteroatoms. The number of carbonyl (C=O) groups excluding carboxylic acids is 3. The van der Waals surface area contributed by atoms with Crippen molar-refractivity contribution in [2.75, 3.05) is 40.2 Å². The van der Waals surface area contributed by atoms with Crippen molar-refractivity contribution in [1.82, 2.24) is 0 Å². The summed E-state index contributed by atoms with van der Waals surface area (Å²) in [5.74, 6) is -0.929. The smallest absolute Gasteiger partial charge is 0.413 e. The molecule has 166 valence electrons. The van der Waals surface area contributed by atoms with E-state index in [1.54, 1.807) is 38.2 Å². The number of hydrogen-bond acceptors (Lipinski definition) is 6. The van der Waals surface area contributed by atoms with E-state index in [0.717, 1.165) is 6.26 Å². The first-order valence-corrected chi connectivity index (χ1v) is 11.1. The number of nitrogens with zero attached hydrogens (tertiary/aromatic N) is 1. The molecule has 0 spiro atoms. The first-order valence-electron chi connectivity index (χ1n) is 9.21. The summed E-state index contributed by atoms with van der Waals surface area (Å²) in [5.41, 5.74) is 1.39. The van der Waals surface area contributed by atoms with Gasteiger partial charge < -0.3 is 15.4 Å². The zero-order valence-corrected chi connectivity index (χ0v) is 18.4. The summed E-state index contributed by atoms with van der Waals surface area (Å²) in [6.45, 7) is 3.27. The molecule has 0 unspecified atom stereocenters. The van der Waals surface area contributed by atoms with Gasteiger partial charge in [0.15, 0.2) is 0 Å². The second-order valence-corrected chi connectivity index (χ2v) is 8.32. The van der Waals surface area contributed by atoms with Crippen molar-refractivity contribution in [3.63, 3.8) is 0 Å². The maximum absolute atomic E-state index is 12.8. The summed E-state index contributed by atoms with van der Waals surface area (Å²) < 4.78 is 30.5. The van der Waals surface area contributed by atoms with E-state index in [0.29, 0.717) is 17.1 Å². The Morgan fingerprint density at radius 1 is 1.00 bits per heavy atom. The van der Waals surface area contributed by atoms with Crippen LogP contribution in [0.1, 0.15) is 24.2 Å². The fourth-order valence-corrected chi connectivity index (χ4v) is 3.17. The maximum Gasteiger partial charge on any atom is 0.413 e. The Morgan fingerprint density at radius 3 is 2.16 bits per heavy atom. The number of nitrogens with one attached hydrogen (secondary N) is 3. The minimum atomic E-state index is -3.64. The summed E-state index contributed by atoms with van der Waals surface area (Å²) >= 11 is 0. The first-order chi connectivity index (χ1) is 14.5. The second-order valence-electron chi connectivity index (χ2n) is 6.57. The average molecular weight is 449 g/mol. The number of rotatable bonds is 7. The molecule has 0 atom stereocenters. The lowest BCUT2D eigenvalue weighted by atomic mass is 10.1. The number of amides is 3. The number of hydrogen-bond donors (Lipinski definition) is 3. The van der Waals surface area contributed by atoms with Crippen molar-refractivity contribution in [2.45, 2.75) is 13.8 Å². The van der Waals surface area contributed by atoms with E-state index in [-0.39, 0.29) is 23.8 Å².